The molecule has 3 aliphatic heterocycles. The highest BCUT2D eigenvalue weighted by molar-refractivity contribution is 6.07. The Morgan fingerprint density at radius 1 is 0.800 bits per heavy atom. The number of urea groups is 1. The lowest BCUT2D eigenvalue weighted by Gasteiger charge is -2.30. The zero-order valence-corrected chi connectivity index (χ0v) is 25.5. The van der Waals surface area contributed by atoms with Crippen molar-refractivity contribution in [3.63, 3.8) is 0 Å². The first-order chi connectivity index (χ1) is 21.6. The Bertz CT molecular complexity index is 1540. The molecule has 236 valence electrons. The SMILES string of the molecule is CC(C)(C)OC(=O)N1Cc2cc(NC(=O)Nc3ccc(-c4nc(N5CCOCC5)nc(N5CCOCC5)n4)cc3)ccc2C1=O. The Kier molecular flexibility index (Phi) is 8.50. The van der Waals surface area contributed by atoms with E-state index in [9.17, 15) is 14.4 Å². The van der Waals surface area contributed by atoms with Gasteiger partial charge in [0.15, 0.2) is 5.82 Å². The summed E-state index contributed by atoms with van der Waals surface area (Å²) in [5.41, 5.74) is 2.13. The number of nitrogens with zero attached hydrogens (tertiary/aromatic N) is 6. The summed E-state index contributed by atoms with van der Waals surface area (Å²) in [6.07, 6.45) is -0.703. The van der Waals surface area contributed by atoms with Gasteiger partial charge in [0, 0.05) is 48.7 Å². The standard InChI is InChI=1S/C31H36N8O6/c1-31(2,3)45-30(42)39-19-21-18-23(8-9-24(21)26(39)40)33-29(41)32-22-6-4-20(5-7-22)25-34-27(37-10-14-43-15-11-37)36-28(35-25)38-12-16-44-17-13-38/h4-9,18H,10-17,19H2,1-3H3,(H2,32,33,41). The lowest BCUT2D eigenvalue weighted by molar-refractivity contribution is 0.0248. The Morgan fingerprint density at radius 2 is 1.36 bits per heavy atom. The van der Waals surface area contributed by atoms with Crippen molar-refractivity contribution in [1.82, 2.24) is 19.9 Å². The van der Waals surface area contributed by atoms with Gasteiger partial charge in [-0.1, -0.05) is 0 Å². The van der Waals surface area contributed by atoms with Crippen LogP contribution in [0.15, 0.2) is 42.5 Å². The van der Waals surface area contributed by atoms with Crippen molar-refractivity contribution in [2.75, 3.05) is 73.0 Å². The molecule has 0 saturated carbocycles. The van der Waals surface area contributed by atoms with E-state index in [2.05, 4.69) is 20.4 Å². The van der Waals surface area contributed by atoms with E-state index in [0.29, 0.717) is 92.8 Å². The predicted molar refractivity (Wildman–Crippen MR) is 167 cm³/mol. The maximum atomic E-state index is 12.8. The van der Waals surface area contributed by atoms with Crippen LogP contribution in [0.1, 0.15) is 36.7 Å². The van der Waals surface area contributed by atoms with Crippen LogP contribution < -0.4 is 20.4 Å². The van der Waals surface area contributed by atoms with Gasteiger partial charge < -0.3 is 34.6 Å². The van der Waals surface area contributed by atoms with Gasteiger partial charge in [-0.3, -0.25) is 4.79 Å². The molecule has 0 bridgehead atoms. The monoisotopic (exact) mass is 616 g/mol. The lowest BCUT2D eigenvalue weighted by Crippen LogP contribution is -2.40. The molecule has 45 heavy (non-hydrogen) atoms. The molecule has 4 amide bonds. The van der Waals surface area contributed by atoms with Gasteiger partial charge in [-0.2, -0.15) is 15.0 Å². The van der Waals surface area contributed by atoms with Crippen molar-refractivity contribution in [2.24, 2.45) is 0 Å². The van der Waals surface area contributed by atoms with Gasteiger partial charge in [0.2, 0.25) is 11.9 Å². The number of anilines is 4. The van der Waals surface area contributed by atoms with Crippen LogP contribution in [0.2, 0.25) is 0 Å². The molecule has 0 atom stereocenters. The highest BCUT2D eigenvalue weighted by atomic mass is 16.6. The molecule has 2 N–H and O–H groups in total. The van der Waals surface area contributed by atoms with Crippen LogP contribution in [0.5, 0.6) is 0 Å². The van der Waals surface area contributed by atoms with Crippen molar-refractivity contribution < 1.29 is 28.6 Å². The van der Waals surface area contributed by atoms with Crippen LogP contribution in [-0.2, 0) is 20.8 Å². The van der Waals surface area contributed by atoms with E-state index in [1.807, 2.05) is 12.1 Å². The predicted octanol–water partition coefficient (Wildman–Crippen LogP) is 3.75. The Balaban J connectivity index is 1.12. The third-order valence-electron chi connectivity index (χ3n) is 7.38. The fourth-order valence-corrected chi connectivity index (χ4v) is 5.15. The largest absolute Gasteiger partial charge is 0.443 e. The molecule has 3 aliphatic rings. The first-order valence-electron chi connectivity index (χ1n) is 14.9. The average molecular weight is 617 g/mol. The zero-order valence-electron chi connectivity index (χ0n) is 25.5. The van der Waals surface area contributed by atoms with Gasteiger partial charge in [-0.05, 0) is 68.8 Å². The number of ether oxygens (including phenoxy) is 3. The molecule has 6 rings (SSSR count). The number of nitrogens with one attached hydrogen (secondary N) is 2. The zero-order chi connectivity index (χ0) is 31.6. The van der Waals surface area contributed by atoms with Gasteiger partial charge in [0.25, 0.3) is 5.91 Å². The number of benzene rings is 2. The second kappa shape index (κ2) is 12.7. The number of morpholine rings is 2. The van der Waals surface area contributed by atoms with Crippen LogP contribution in [0.3, 0.4) is 0 Å². The molecule has 1 aromatic heterocycles. The van der Waals surface area contributed by atoms with Crippen LogP contribution in [0.4, 0.5) is 32.9 Å². The second-order valence-corrected chi connectivity index (χ2v) is 11.9. The van der Waals surface area contributed by atoms with Crippen molar-refractivity contribution >= 4 is 41.3 Å². The van der Waals surface area contributed by atoms with Crippen LogP contribution in [0, 0.1) is 0 Å². The van der Waals surface area contributed by atoms with E-state index in [4.69, 9.17) is 29.2 Å². The number of aromatic nitrogens is 3. The van der Waals surface area contributed by atoms with E-state index < -0.39 is 23.6 Å². The van der Waals surface area contributed by atoms with E-state index >= 15 is 0 Å². The fourth-order valence-electron chi connectivity index (χ4n) is 5.15. The summed E-state index contributed by atoms with van der Waals surface area (Å²) in [5, 5.41) is 5.62. The molecular formula is C31H36N8O6. The minimum absolute atomic E-state index is 0.0687. The molecule has 2 saturated heterocycles. The topological polar surface area (TPSA) is 151 Å². The van der Waals surface area contributed by atoms with Gasteiger partial charge in [-0.15, -0.1) is 0 Å². The summed E-state index contributed by atoms with van der Waals surface area (Å²) < 4.78 is 16.4. The smallest absolute Gasteiger partial charge is 0.417 e. The van der Waals surface area contributed by atoms with E-state index in [1.54, 1.807) is 51.1 Å². The van der Waals surface area contributed by atoms with E-state index in [-0.39, 0.29) is 6.54 Å². The molecular weight excluding hydrogens is 580 g/mol. The highest BCUT2D eigenvalue weighted by Crippen LogP contribution is 2.28. The van der Waals surface area contributed by atoms with Crippen LogP contribution in [-0.4, -0.2) is 96.1 Å². The average Bonchev–Trinajstić information content (AvgIpc) is 3.36. The van der Waals surface area contributed by atoms with Crippen molar-refractivity contribution in [2.45, 2.75) is 32.9 Å². The van der Waals surface area contributed by atoms with E-state index in [0.717, 1.165) is 10.5 Å². The first-order valence-corrected chi connectivity index (χ1v) is 14.9. The molecule has 0 aliphatic carbocycles. The van der Waals surface area contributed by atoms with Gasteiger partial charge in [0.05, 0.1) is 33.0 Å². The Labute approximate surface area is 260 Å². The number of imide groups is 1. The summed E-state index contributed by atoms with van der Waals surface area (Å²) in [7, 11) is 0. The quantitative estimate of drug-likeness (QED) is 0.431. The summed E-state index contributed by atoms with van der Waals surface area (Å²) >= 11 is 0. The maximum absolute atomic E-state index is 12.8. The molecule has 3 aromatic rings. The minimum Gasteiger partial charge on any atom is -0.443 e. The fraction of sp³-hybridized carbons (Fsp3) is 0.419. The number of fused-ring (bicyclic) bond motifs is 1. The summed E-state index contributed by atoms with van der Waals surface area (Å²) in [6, 6.07) is 11.7. The third-order valence-corrected chi connectivity index (χ3v) is 7.38. The Morgan fingerprint density at radius 3 is 1.93 bits per heavy atom. The Hall–Kier alpha value is -4.82. The third kappa shape index (κ3) is 7.13. The summed E-state index contributed by atoms with van der Waals surface area (Å²) in [6.45, 7) is 10.6. The molecule has 2 fully saturated rings. The molecule has 0 spiro atoms. The van der Waals surface area contributed by atoms with Gasteiger partial charge in [0.1, 0.15) is 5.60 Å². The van der Waals surface area contributed by atoms with Crippen molar-refractivity contribution in [3.8, 4) is 11.4 Å². The number of carbonyl (C=O) groups is 3. The maximum Gasteiger partial charge on any atom is 0.417 e. The molecule has 14 nitrogen and oxygen atoms in total. The number of hydrogen-bond acceptors (Lipinski definition) is 11. The van der Waals surface area contributed by atoms with E-state index in [1.165, 1.54) is 0 Å². The number of carbonyl (C=O) groups excluding carboxylic acids is 3. The number of hydrogen-bond donors (Lipinski definition) is 2. The molecule has 14 heteroatoms. The first kappa shape index (κ1) is 30.2. The normalized spacial score (nSPS) is 16.8. The number of rotatable bonds is 5. The van der Waals surface area contributed by atoms with Crippen LogP contribution in [0.25, 0.3) is 11.4 Å². The van der Waals surface area contributed by atoms with Gasteiger partial charge >= 0.3 is 12.1 Å². The van der Waals surface area contributed by atoms with Crippen molar-refractivity contribution in [3.05, 3.63) is 53.6 Å². The molecule has 2 aromatic carbocycles. The van der Waals surface area contributed by atoms with Crippen LogP contribution >= 0.6 is 0 Å². The second-order valence-electron chi connectivity index (χ2n) is 11.9. The number of amides is 4. The lowest BCUT2D eigenvalue weighted by atomic mass is 10.1. The minimum atomic E-state index is -0.724. The summed E-state index contributed by atoms with van der Waals surface area (Å²) in [5.74, 6) is 1.33. The van der Waals surface area contributed by atoms with Gasteiger partial charge in [-0.25, -0.2) is 14.5 Å². The van der Waals surface area contributed by atoms with Crippen molar-refractivity contribution in [1.29, 1.82) is 0 Å². The molecule has 0 unspecified atom stereocenters. The molecule has 0 radical (unpaired) electrons. The summed E-state index contributed by atoms with van der Waals surface area (Å²) in [4.78, 5) is 57.6. The molecule has 4 heterocycles. The highest BCUT2D eigenvalue weighted by Gasteiger charge is 2.35.